The number of aliphatic hydroxyl groups excluding tert-OH is 1. The fourth-order valence-electron chi connectivity index (χ4n) is 2.42. The number of aliphatic hydroxyl groups is 1. The molecule has 23 heavy (non-hydrogen) atoms. The third-order valence-corrected chi connectivity index (χ3v) is 6.04. The molecule has 3 rings (SSSR count). The largest absolute Gasteiger partial charge is 0.387 e. The van der Waals surface area contributed by atoms with Crippen molar-refractivity contribution in [3.63, 3.8) is 0 Å². The van der Waals surface area contributed by atoms with E-state index < -0.39 is 16.1 Å². The zero-order valence-electron chi connectivity index (χ0n) is 12.6. The van der Waals surface area contributed by atoms with Crippen LogP contribution in [-0.4, -0.2) is 20.1 Å². The maximum absolute atomic E-state index is 12.3. The van der Waals surface area contributed by atoms with Gasteiger partial charge in [0, 0.05) is 16.8 Å². The minimum Gasteiger partial charge on any atom is -0.387 e. The zero-order valence-corrected chi connectivity index (χ0v) is 14.2. The number of aryl methyl sites for hydroxylation is 1. The maximum atomic E-state index is 12.3. The zero-order chi connectivity index (χ0) is 16.4. The molecule has 0 aliphatic rings. The van der Waals surface area contributed by atoms with Crippen LogP contribution in [0, 0.1) is 6.92 Å². The lowest BCUT2D eigenvalue weighted by Crippen LogP contribution is -2.28. The highest BCUT2D eigenvalue weighted by Gasteiger charge is 2.18. The number of thiophene rings is 1. The maximum Gasteiger partial charge on any atom is 0.240 e. The second-order valence-corrected chi connectivity index (χ2v) is 8.05. The van der Waals surface area contributed by atoms with Crippen LogP contribution in [-0.2, 0) is 10.0 Å². The van der Waals surface area contributed by atoms with Crippen LogP contribution < -0.4 is 4.72 Å². The van der Waals surface area contributed by atoms with Gasteiger partial charge < -0.3 is 5.11 Å². The third-order valence-electron chi connectivity index (χ3n) is 3.64. The molecule has 120 valence electrons. The molecule has 1 aromatic heterocycles. The van der Waals surface area contributed by atoms with Crippen LogP contribution in [0.2, 0.25) is 0 Å². The van der Waals surface area contributed by atoms with Gasteiger partial charge in [-0.25, -0.2) is 13.1 Å². The molecule has 0 bridgehead atoms. The van der Waals surface area contributed by atoms with Gasteiger partial charge in [-0.1, -0.05) is 30.3 Å². The summed E-state index contributed by atoms with van der Waals surface area (Å²) in [5.41, 5.74) is 1.62. The predicted molar refractivity (Wildman–Crippen MR) is 93.2 cm³/mol. The van der Waals surface area contributed by atoms with Crippen LogP contribution in [0.15, 0.2) is 58.8 Å². The van der Waals surface area contributed by atoms with Crippen LogP contribution >= 0.6 is 11.3 Å². The Hall–Kier alpha value is -1.73. The van der Waals surface area contributed by atoms with Crippen molar-refractivity contribution in [1.82, 2.24) is 4.72 Å². The summed E-state index contributed by atoms with van der Waals surface area (Å²) in [6.45, 7) is 1.78. The van der Waals surface area contributed by atoms with Gasteiger partial charge in [-0.05, 0) is 41.5 Å². The van der Waals surface area contributed by atoms with E-state index in [0.717, 1.165) is 21.2 Å². The number of benzene rings is 2. The van der Waals surface area contributed by atoms with Crippen molar-refractivity contribution >= 4 is 31.4 Å². The van der Waals surface area contributed by atoms with Gasteiger partial charge in [0.1, 0.15) is 0 Å². The van der Waals surface area contributed by atoms with Gasteiger partial charge in [-0.2, -0.15) is 0 Å². The first-order valence-electron chi connectivity index (χ1n) is 7.18. The molecule has 3 aromatic rings. The summed E-state index contributed by atoms with van der Waals surface area (Å²) < 4.78 is 28.2. The van der Waals surface area contributed by atoms with Gasteiger partial charge in [0.05, 0.1) is 11.0 Å². The topological polar surface area (TPSA) is 66.4 Å². The number of nitrogens with one attached hydrogen (secondary N) is 1. The van der Waals surface area contributed by atoms with Gasteiger partial charge in [-0.15, -0.1) is 11.3 Å². The molecule has 1 atom stereocenters. The summed E-state index contributed by atoms with van der Waals surface area (Å²) in [4.78, 5) is 0.208. The van der Waals surface area contributed by atoms with E-state index in [0.29, 0.717) is 0 Å². The fourth-order valence-corrected chi connectivity index (χ4v) is 4.57. The van der Waals surface area contributed by atoms with Crippen LogP contribution in [0.4, 0.5) is 0 Å². The molecule has 6 heteroatoms. The van der Waals surface area contributed by atoms with Crippen LogP contribution in [0.1, 0.15) is 17.2 Å². The molecular weight excluding hydrogens is 330 g/mol. The SMILES string of the molecule is Cc1cccc(S(=O)(=O)NC[C@@H](O)c2csc3ccccc23)c1. The molecule has 2 N–H and O–H groups in total. The number of hydrogen-bond acceptors (Lipinski definition) is 4. The lowest BCUT2D eigenvalue weighted by molar-refractivity contribution is 0.184. The monoisotopic (exact) mass is 347 g/mol. The number of sulfonamides is 1. The molecular formula is C17H17NO3S2. The van der Waals surface area contributed by atoms with Crippen LogP contribution in [0.25, 0.3) is 10.1 Å². The molecule has 0 saturated heterocycles. The summed E-state index contributed by atoms with van der Waals surface area (Å²) in [6, 6.07) is 14.4. The molecule has 0 radical (unpaired) electrons. The summed E-state index contributed by atoms with van der Waals surface area (Å²) in [6.07, 6.45) is -0.884. The third kappa shape index (κ3) is 3.45. The first-order valence-corrected chi connectivity index (χ1v) is 9.54. The van der Waals surface area contributed by atoms with E-state index >= 15 is 0 Å². The van der Waals surface area contributed by atoms with E-state index in [2.05, 4.69) is 4.72 Å². The normalized spacial score (nSPS) is 13.3. The Morgan fingerprint density at radius 2 is 1.96 bits per heavy atom. The molecule has 0 aliphatic heterocycles. The first-order chi connectivity index (χ1) is 11.0. The molecule has 0 aliphatic carbocycles. The summed E-state index contributed by atoms with van der Waals surface area (Å²) >= 11 is 1.54. The van der Waals surface area contributed by atoms with Crippen LogP contribution in [0.5, 0.6) is 0 Å². The van der Waals surface area contributed by atoms with E-state index in [1.807, 2.05) is 42.6 Å². The first kappa shape index (κ1) is 16.1. The smallest absolute Gasteiger partial charge is 0.240 e. The van der Waals surface area contributed by atoms with E-state index in [1.54, 1.807) is 18.2 Å². The van der Waals surface area contributed by atoms with Crippen molar-refractivity contribution in [3.8, 4) is 0 Å². The predicted octanol–water partition coefficient (Wildman–Crippen LogP) is 3.22. The van der Waals surface area contributed by atoms with Crippen molar-refractivity contribution < 1.29 is 13.5 Å². The lowest BCUT2D eigenvalue weighted by atomic mass is 10.1. The second-order valence-electron chi connectivity index (χ2n) is 5.37. The summed E-state index contributed by atoms with van der Waals surface area (Å²) in [5.74, 6) is 0. The van der Waals surface area contributed by atoms with Crippen molar-refractivity contribution in [3.05, 3.63) is 65.0 Å². The van der Waals surface area contributed by atoms with E-state index in [4.69, 9.17) is 0 Å². The molecule has 0 fully saturated rings. The minimum atomic E-state index is -3.63. The van der Waals surface area contributed by atoms with Gasteiger partial charge in [-0.3, -0.25) is 0 Å². The summed E-state index contributed by atoms with van der Waals surface area (Å²) in [7, 11) is -3.63. The van der Waals surface area contributed by atoms with E-state index in [-0.39, 0.29) is 11.4 Å². The standard InChI is InChI=1S/C17H17NO3S2/c1-12-5-4-6-13(9-12)23(20,21)18-10-16(19)15-11-22-17-8-3-2-7-14(15)17/h2-9,11,16,18-19H,10H2,1H3/t16-/m1/s1. The molecule has 2 aromatic carbocycles. The Labute approximate surface area is 139 Å². The van der Waals surface area contributed by atoms with E-state index in [1.165, 1.54) is 11.3 Å². The Morgan fingerprint density at radius 1 is 1.17 bits per heavy atom. The average molecular weight is 347 g/mol. The molecule has 0 spiro atoms. The van der Waals surface area contributed by atoms with Crippen molar-refractivity contribution in [1.29, 1.82) is 0 Å². The van der Waals surface area contributed by atoms with Gasteiger partial charge >= 0.3 is 0 Å². The quantitative estimate of drug-likeness (QED) is 0.745. The molecule has 0 saturated carbocycles. The minimum absolute atomic E-state index is 0.0585. The Kier molecular flexibility index (Phi) is 4.50. The van der Waals surface area contributed by atoms with Crippen molar-refractivity contribution in [2.24, 2.45) is 0 Å². The Balaban J connectivity index is 1.77. The lowest BCUT2D eigenvalue weighted by Gasteiger charge is -2.12. The number of hydrogen-bond donors (Lipinski definition) is 2. The van der Waals surface area contributed by atoms with Gasteiger partial charge in [0.15, 0.2) is 0 Å². The van der Waals surface area contributed by atoms with Gasteiger partial charge in [0.25, 0.3) is 0 Å². The average Bonchev–Trinajstić information content (AvgIpc) is 2.97. The molecule has 0 amide bonds. The highest BCUT2D eigenvalue weighted by molar-refractivity contribution is 7.89. The molecule has 4 nitrogen and oxygen atoms in total. The van der Waals surface area contributed by atoms with Crippen molar-refractivity contribution in [2.45, 2.75) is 17.9 Å². The van der Waals surface area contributed by atoms with E-state index in [9.17, 15) is 13.5 Å². The number of fused-ring (bicyclic) bond motifs is 1. The van der Waals surface area contributed by atoms with Crippen molar-refractivity contribution in [2.75, 3.05) is 6.54 Å². The van der Waals surface area contributed by atoms with Crippen LogP contribution in [0.3, 0.4) is 0 Å². The Bertz CT molecular complexity index is 932. The highest BCUT2D eigenvalue weighted by Crippen LogP contribution is 2.30. The molecule has 1 heterocycles. The number of rotatable bonds is 5. The molecule has 0 unspecified atom stereocenters. The Morgan fingerprint density at radius 3 is 2.74 bits per heavy atom. The van der Waals surface area contributed by atoms with Gasteiger partial charge in [0.2, 0.25) is 10.0 Å². The summed E-state index contributed by atoms with van der Waals surface area (Å²) in [5, 5.41) is 13.2. The fraction of sp³-hybridized carbons (Fsp3) is 0.176. The highest BCUT2D eigenvalue weighted by atomic mass is 32.2. The second kappa shape index (κ2) is 6.41.